The molecule has 0 heterocycles. The molecule has 1 saturated carbocycles. The van der Waals surface area contributed by atoms with E-state index in [1.54, 1.807) is 0 Å². The fraction of sp³-hybridized carbons (Fsp3) is 0.696. The van der Waals surface area contributed by atoms with E-state index in [1.807, 2.05) is 0 Å². The molecule has 1 aromatic rings. The Labute approximate surface area is 171 Å². The number of ether oxygens (including phenoxy) is 1. The van der Waals surface area contributed by atoms with E-state index < -0.39 is 35.0 Å². The van der Waals surface area contributed by atoms with Gasteiger partial charge < -0.3 is 4.74 Å². The van der Waals surface area contributed by atoms with Gasteiger partial charge in [-0.25, -0.2) is 8.78 Å². The highest BCUT2D eigenvalue weighted by molar-refractivity contribution is 5.72. The Hall–Kier alpha value is -1.59. The van der Waals surface area contributed by atoms with Crippen molar-refractivity contribution < 1.29 is 27.1 Å². The first-order valence-electron chi connectivity index (χ1n) is 11.0. The van der Waals surface area contributed by atoms with Crippen LogP contribution in [0.15, 0.2) is 6.07 Å². The van der Waals surface area contributed by atoms with Gasteiger partial charge in [0.1, 0.15) is 0 Å². The minimum absolute atomic E-state index is 0.0412. The van der Waals surface area contributed by atoms with Gasteiger partial charge in [0, 0.05) is 12.5 Å². The molecule has 1 aliphatic rings. The summed E-state index contributed by atoms with van der Waals surface area (Å²) in [7, 11) is 0. The normalized spacial score (nSPS) is 16.6. The molecule has 0 amide bonds. The van der Waals surface area contributed by atoms with Gasteiger partial charge in [0.25, 0.3) is 0 Å². The van der Waals surface area contributed by atoms with Crippen LogP contribution in [-0.2, 0) is 4.79 Å². The van der Waals surface area contributed by atoms with E-state index in [9.17, 15) is 22.4 Å². The van der Waals surface area contributed by atoms with Crippen molar-refractivity contribution in [2.75, 3.05) is 0 Å². The molecule has 6 heteroatoms. The molecule has 0 unspecified atom stereocenters. The third-order valence-corrected chi connectivity index (χ3v) is 5.76. The van der Waals surface area contributed by atoms with E-state index >= 15 is 0 Å². The molecule has 1 aliphatic carbocycles. The number of halogens is 4. The molecule has 0 aliphatic heterocycles. The number of unbranched alkanes of at least 4 members (excludes halogenated alkanes) is 3. The van der Waals surface area contributed by atoms with Crippen molar-refractivity contribution in [2.24, 2.45) is 5.92 Å². The van der Waals surface area contributed by atoms with Gasteiger partial charge >= 0.3 is 5.97 Å². The molecule has 0 bridgehead atoms. The molecule has 0 atom stereocenters. The third kappa shape index (κ3) is 8.35. The van der Waals surface area contributed by atoms with E-state index in [0.717, 1.165) is 25.2 Å². The van der Waals surface area contributed by atoms with Crippen molar-refractivity contribution >= 4 is 5.97 Å². The quantitative estimate of drug-likeness (QED) is 0.143. The molecule has 29 heavy (non-hydrogen) atoms. The highest BCUT2D eigenvalue weighted by Crippen LogP contribution is 2.28. The van der Waals surface area contributed by atoms with Gasteiger partial charge in [0.2, 0.25) is 17.4 Å². The van der Waals surface area contributed by atoms with Crippen LogP contribution in [0, 0.1) is 29.2 Å². The van der Waals surface area contributed by atoms with Crippen LogP contribution in [0.5, 0.6) is 5.75 Å². The molecule has 0 spiro atoms. The summed E-state index contributed by atoms with van der Waals surface area (Å²) in [6, 6.07) is 0.0847. The van der Waals surface area contributed by atoms with Crippen LogP contribution in [0.3, 0.4) is 0 Å². The predicted octanol–water partition coefficient (Wildman–Crippen LogP) is 7.63. The topological polar surface area (TPSA) is 26.3 Å². The zero-order valence-corrected chi connectivity index (χ0v) is 17.1. The molecule has 1 aromatic carbocycles. The molecular weight excluding hydrogens is 384 g/mol. The summed E-state index contributed by atoms with van der Waals surface area (Å²) < 4.78 is 57.8. The molecule has 164 valence electrons. The monoisotopic (exact) mass is 416 g/mol. The highest BCUT2D eigenvalue weighted by Gasteiger charge is 2.22. The Morgan fingerprint density at radius 1 is 0.793 bits per heavy atom. The van der Waals surface area contributed by atoms with Crippen molar-refractivity contribution in [1.29, 1.82) is 0 Å². The lowest BCUT2D eigenvalue weighted by atomic mass is 9.88. The van der Waals surface area contributed by atoms with Crippen LogP contribution >= 0.6 is 0 Å². The van der Waals surface area contributed by atoms with Crippen molar-refractivity contribution in [3.8, 4) is 5.75 Å². The number of carbonyl (C=O) groups excluding carboxylic acids is 1. The molecule has 2 nitrogen and oxygen atoms in total. The molecule has 0 radical (unpaired) electrons. The van der Waals surface area contributed by atoms with Gasteiger partial charge in [-0.1, -0.05) is 83.5 Å². The highest BCUT2D eigenvalue weighted by atomic mass is 19.2. The molecular formula is C23H32F4O2. The summed E-state index contributed by atoms with van der Waals surface area (Å²) in [6.45, 7) is 0. The summed E-state index contributed by atoms with van der Waals surface area (Å²) in [6.07, 6.45) is 16.6. The van der Waals surface area contributed by atoms with Crippen LogP contribution in [0.4, 0.5) is 17.6 Å². The van der Waals surface area contributed by atoms with Gasteiger partial charge in [-0.2, -0.15) is 8.78 Å². The van der Waals surface area contributed by atoms with E-state index in [2.05, 4.69) is 4.74 Å². The van der Waals surface area contributed by atoms with Crippen molar-refractivity contribution in [3.63, 3.8) is 0 Å². The molecule has 1 fully saturated rings. The first-order valence-corrected chi connectivity index (χ1v) is 11.0. The first-order chi connectivity index (χ1) is 14.0. The lowest BCUT2D eigenvalue weighted by molar-refractivity contribution is -0.135. The van der Waals surface area contributed by atoms with E-state index in [-0.39, 0.29) is 12.5 Å². The number of hydrogen-bond acceptors (Lipinski definition) is 2. The second-order valence-electron chi connectivity index (χ2n) is 8.14. The third-order valence-electron chi connectivity index (χ3n) is 5.76. The molecule has 2 rings (SSSR count). The van der Waals surface area contributed by atoms with E-state index in [4.69, 9.17) is 0 Å². The van der Waals surface area contributed by atoms with Gasteiger partial charge in [-0.15, -0.1) is 0 Å². The summed E-state index contributed by atoms with van der Waals surface area (Å²) in [5.41, 5.74) is 0. The standard InChI is InChI=1S/C23H32F4O2/c24-18-16-19(25)22(27)23(21(18)26)29-20(28)15-11-7-6-10-14-17-12-8-4-2-1-3-5-9-13-17/h16-17H,1-15H2. The van der Waals surface area contributed by atoms with Gasteiger partial charge in [0.15, 0.2) is 11.6 Å². The zero-order valence-electron chi connectivity index (χ0n) is 17.1. The van der Waals surface area contributed by atoms with Crippen LogP contribution in [-0.4, -0.2) is 5.97 Å². The Morgan fingerprint density at radius 3 is 1.90 bits per heavy atom. The lowest BCUT2D eigenvalue weighted by Crippen LogP contribution is -2.11. The maximum Gasteiger partial charge on any atom is 0.311 e. The van der Waals surface area contributed by atoms with E-state index in [0.29, 0.717) is 6.42 Å². The smallest absolute Gasteiger partial charge is 0.311 e. The number of esters is 1. The summed E-state index contributed by atoms with van der Waals surface area (Å²) in [4.78, 5) is 11.8. The van der Waals surface area contributed by atoms with Gasteiger partial charge in [0.05, 0.1) is 0 Å². The minimum atomic E-state index is -1.69. The molecule has 0 N–H and O–H groups in total. The number of carbonyl (C=O) groups is 1. The second kappa shape index (κ2) is 12.9. The second-order valence-corrected chi connectivity index (χ2v) is 8.14. The Morgan fingerprint density at radius 2 is 1.31 bits per heavy atom. The van der Waals surface area contributed by atoms with Crippen molar-refractivity contribution in [3.05, 3.63) is 29.3 Å². The Bertz CT molecular complexity index is 612. The summed E-state index contributed by atoms with van der Waals surface area (Å²) >= 11 is 0. The Balaban J connectivity index is 1.63. The zero-order chi connectivity index (χ0) is 21.1. The molecule has 0 aromatic heterocycles. The van der Waals surface area contributed by atoms with Crippen LogP contribution in [0.1, 0.15) is 96.3 Å². The van der Waals surface area contributed by atoms with Crippen LogP contribution < -0.4 is 4.74 Å². The van der Waals surface area contributed by atoms with Gasteiger partial charge in [-0.3, -0.25) is 4.79 Å². The fourth-order valence-corrected chi connectivity index (χ4v) is 4.04. The maximum absolute atomic E-state index is 13.5. The first kappa shape index (κ1) is 23.7. The SMILES string of the molecule is O=C(CCCCCCC1CCCCCCCCC1)Oc1c(F)c(F)cc(F)c1F. The fourth-order valence-electron chi connectivity index (χ4n) is 4.04. The van der Waals surface area contributed by atoms with Gasteiger partial charge in [-0.05, 0) is 12.3 Å². The van der Waals surface area contributed by atoms with Crippen molar-refractivity contribution in [1.82, 2.24) is 0 Å². The number of benzene rings is 1. The minimum Gasteiger partial charge on any atom is -0.420 e. The van der Waals surface area contributed by atoms with E-state index in [1.165, 1.54) is 64.2 Å². The number of hydrogen-bond donors (Lipinski definition) is 0. The van der Waals surface area contributed by atoms with Crippen LogP contribution in [0.2, 0.25) is 0 Å². The summed E-state index contributed by atoms with van der Waals surface area (Å²) in [5, 5.41) is 0. The largest absolute Gasteiger partial charge is 0.420 e. The van der Waals surface area contributed by atoms with Crippen LogP contribution in [0.25, 0.3) is 0 Å². The molecule has 0 saturated heterocycles. The average molecular weight is 416 g/mol. The van der Waals surface area contributed by atoms with Crippen molar-refractivity contribution in [2.45, 2.75) is 96.3 Å². The predicted molar refractivity (Wildman–Crippen MR) is 105 cm³/mol. The lowest BCUT2D eigenvalue weighted by Gasteiger charge is -2.18. The number of rotatable bonds is 8. The maximum atomic E-state index is 13.5. The summed E-state index contributed by atoms with van der Waals surface area (Å²) in [5.74, 6) is -7.96. The Kier molecular flexibility index (Phi) is 10.5. The average Bonchev–Trinajstić information content (AvgIpc) is 2.71.